The molecule has 0 aliphatic carbocycles. The number of amides is 2. The van der Waals surface area contributed by atoms with E-state index in [2.05, 4.69) is 9.69 Å². The van der Waals surface area contributed by atoms with Crippen LogP contribution < -0.4 is 5.32 Å². The molecule has 0 saturated carbocycles. The number of hydrogen-bond donors (Lipinski definition) is 2. The number of carboxylic acids is 1. The molecule has 0 spiro atoms. The lowest BCUT2D eigenvalue weighted by Gasteiger charge is -2.43. The van der Waals surface area contributed by atoms with Crippen LogP contribution >= 0.6 is 46.5 Å². The lowest BCUT2D eigenvalue weighted by atomic mass is 9.95. The third-order valence-electron chi connectivity index (χ3n) is 5.25. The largest absolute Gasteiger partial charge is 0.480 e. The number of nitrogens with one attached hydrogen (secondary N) is 1. The number of carboxylic acid groups (broad SMARTS) is 1. The first-order valence-electron chi connectivity index (χ1n) is 8.99. The van der Waals surface area contributed by atoms with Crippen molar-refractivity contribution in [1.29, 1.82) is 0 Å². The number of nitrogens with zero attached hydrogens (tertiary/aromatic N) is 2. The van der Waals surface area contributed by atoms with Gasteiger partial charge in [0, 0.05) is 15.2 Å². The summed E-state index contributed by atoms with van der Waals surface area (Å²) in [6.45, 7) is 5.32. The van der Waals surface area contributed by atoms with Gasteiger partial charge in [-0.1, -0.05) is 29.3 Å². The number of fused-ring (bicyclic) bond motifs is 1. The molecule has 2 amide bonds. The standard InChI is InChI=1S/C19H17Cl2N3O4S2/c1-7-10(12(23-30-7)11-8(20)5-4-6-9(11)21)15(25)22-13-16(26)24-14(18(27)28)19(2,3)29-17(13)24/h4-6,13-14,17H,1-3H3,(H,22,25)(H,27,28). The molecule has 11 heteroatoms. The minimum Gasteiger partial charge on any atom is -0.480 e. The predicted molar refractivity (Wildman–Crippen MR) is 117 cm³/mol. The first-order valence-corrected chi connectivity index (χ1v) is 11.4. The number of carbonyl (C=O) groups excluding carboxylic acids is 2. The van der Waals surface area contributed by atoms with E-state index >= 15 is 0 Å². The Morgan fingerprint density at radius 3 is 2.50 bits per heavy atom. The van der Waals surface area contributed by atoms with Crippen LogP contribution in [0.4, 0.5) is 0 Å². The molecule has 0 bridgehead atoms. The van der Waals surface area contributed by atoms with Crippen molar-refractivity contribution in [3.63, 3.8) is 0 Å². The number of halogens is 2. The molecule has 2 N–H and O–H groups in total. The fourth-order valence-electron chi connectivity index (χ4n) is 3.89. The zero-order valence-corrected chi connectivity index (χ0v) is 19.2. The Bertz CT molecular complexity index is 1070. The fourth-order valence-corrected chi connectivity index (χ4v) is 6.79. The summed E-state index contributed by atoms with van der Waals surface area (Å²) in [6.07, 6.45) is 0. The highest BCUT2D eigenvalue weighted by molar-refractivity contribution is 8.01. The van der Waals surface area contributed by atoms with Gasteiger partial charge < -0.3 is 15.3 Å². The molecule has 4 rings (SSSR count). The first kappa shape index (κ1) is 21.4. The third kappa shape index (κ3) is 3.19. The number of carbonyl (C=O) groups is 3. The number of aliphatic carboxylic acids is 1. The van der Waals surface area contributed by atoms with Crippen LogP contribution in [-0.2, 0) is 9.59 Å². The van der Waals surface area contributed by atoms with Crippen molar-refractivity contribution in [1.82, 2.24) is 14.6 Å². The van der Waals surface area contributed by atoms with Gasteiger partial charge in [0.25, 0.3) is 5.91 Å². The summed E-state index contributed by atoms with van der Waals surface area (Å²) in [4.78, 5) is 39.5. The van der Waals surface area contributed by atoms with E-state index in [0.29, 0.717) is 31.7 Å². The molecule has 158 valence electrons. The van der Waals surface area contributed by atoms with Gasteiger partial charge >= 0.3 is 5.97 Å². The Morgan fingerprint density at radius 2 is 1.90 bits per heavy atom. The first-order chi connectivity index (χ1) is 14.0. The highest BCUT2D eigenvalue weighted by Crippen LogP contribution is 2.51. The maximum absolute atomic E-state index is 13.1. The fraction of sp³-hybridized carbons (Fsp3) is 0.368. The quantitative estimate of drug-likeness (QED) is 0.640. The zero-order chi connectivity index (χ0) is 22.0. The van der Waals surface area contributed by atoms with E-state index in [1.165, 1.54) is 16.7 Å². The Hall–Kier alpha value is -1.81. The van der Waals surface area contributed by atoms with E-state index in [9.17, 15) is 19.5 Å². The van der Waals surface area contributed by atoms with Gasteiger partial charge in [-0.05, 0) is 44.4 Å². The number of benzene rings is 1. The van der Waals surface area contributed by atoms with E-state index in [1.54, 1.807) is 39.0 Å². The summed E-state index contributed by atoms with van der Waals surface area (Å²) in [7, 11) is 0. The summed E-state index contributed by atoms with van der Waals surface area (Å²) < 4.78 is 3.69. The molecule has 30 heavy (non-hydrogen) atoms. The van der Waals surface area contributed by atoms with E-state index < -0.39 is 40.0 Å². The highest BCUT2D eigenvalue weighted by atomic mass is 35.5. The second-order valence-corrected chi connectivity index (χ2v) is 11.2. The number of rotatable bonds is 4. The van der Waals surface area contributed by atoms with E-state index in [0.717, 1.165) is 11.5 Å². The molecular formula is C19H17Cl2N3O4S2. The van der Waals surface area contributed by atoms with Crippen LogP contribution in [0.1, 0.15) is 29.1 Å². The minimum atomic E-state index is -1.05. The van der Waals surface area contributed by atoms with Crippen molar-refractivity contribution in [2.24, 2.45) is 0 Å². The van der Waals surface area contributed by atoms with Crippen molar-refractivity contribution < 1.29 is 19.5 Å². The lowest BCUT2D eigenvalue weighted by molar-refractivity contribution is -0.159. The molecule has 2 fully saturated rings. The van der Waals surface area contributed by atoms with Crippen molar-refractivity contribution >= 4 is 64.3 Å². The Labute approximate surface area is 190 Å². The average molecular weight is 486 g/mol. The molecule has 1 aromatic carbocycles. The molecule has 0 radical (unpaired) electrons. The van der Waals surface area contributed by atoms with E-state index in [-0.39, 0.29) is 0 Å². The zero-order valence-electron chi connectivity index (χ0n) is 16.1. The van der Waals surface area contributed by atoms with Gasteiger partial charge in [0.2, 0.25) is 5.91 Å². The molecule has 3 unspecified atom stereocenters. The summed E-state index contributed by atoms with van der Waals surface area (Å²) in [5.74, 6) is -1.93. The smallest absolute Gasteiger partial charge is 0.327 e. The van der Waals surface area contributed by atoms with Gasteiger partial charge in [0.15, 0.2) is 0 Å². The predicted octanol–water partition coefficient (Wildman–Crippen LogP) is 3.67. The second kappa shape index (κ2) is 7.40. The van der Waals surface area contributed by atoms with Crippen molar-refractivity contribution in [3.05, 3.63) is 38.7 Å². The van der Waals surface area contributed by atoms with Gasteiger partial charge in [-0.15, -0.1) is 11.8 Å². The number of aromatic nitrogens is 1. The van der Waals surface area contributed by atoms with Crippen LogP contribution in [0.25, 0.3) is 11.3 Å². The molecule has 3 heterocycles. The van der Waals surface area contributed by atoms with Crippen molar-refractivity contribution in [2.75, 3.05) is 0 Å². The molecule has 2 aliphatic heterocycles. The molecule has 7 nitrogen and oxygen atoms in total. The molecule has 2 aromatic rings. The van der Waals surface area contributed by atoms with Crippen LogP contribution in [0.15, 0.2) is 18.2 Å². The molecule has 1 aromatic heterocycles. The summed E-state index contributed by atoms with van der Waals surface area (Å²) >= 11 is 15.1. The Morgan fingerprint density at radius 1 is 1.27 bits per heavy atom. The number of thioether (sulfide) groups is 1. The van der Waals surface area contributed by atoms with Crippen LogP contribution in [0.2, 0.25) is 10.0 Å². The normalized spacial score (nSPS) is 24.4. The van der Waals surface area contributed by atoms with Crippen molar-refractivity contribution in [3.8, 4) is 11.3 Å². The van der Waals surface area contributed by atoms with Crippen molar-refractivity contribution in [2.45, 2.75) is 43.0 Å². The van der Waals surface area contributed by atoms with Gasteiger partial charge in [-0.2, -0.15) is 4.37 Å². The van der Waals surface area contributed by atoms with Crippen LogP contribution in [0.3, 0.4) is 0 Å². The van der Waals surface area contributed by atoms with Crippen LogP contribution in [0, 0.1) is 6.92 Å². The van der Waals surface area contributed by atoms with Gasteiger partial charge in [-0.3, -0.25) is 9.59 Å². The van der Waals surface area contributed by atoms with Gasteiger partial charge in [-0.25, -0.2) is 4.79 Å². The SMILES string of the molecule is Cc1snc(-c2c(Cl)cccc2Cl)c1C(=O)NC1C(=O)N2C1SC(C)(C)C2C(=O)O. The summed E-state index contributed by atoms with van der Waals surface area (Å²) in [5.41, 5.74) is 1.12. The number of hydrogen-bond acceptors (Lipinski definition) is 6. The monoisotopic (exact) mass is 485 g/mol. The topological polar surface area (TPSA) is 99.6 Å². The number of β-lactam (4-membered cyclic amide) rings is 1. The maximum Gasteiger partial charge on any atom is 0.327 e. The molecule has 2 aliphatic rings. The van der Waals surface area contributed by atoms with E-state index in [4.69, 9.17) is 23.2 Å². The molecule has 3 atom stereocenters. The highest BCUT2D eigenvalue weighted by Gasteiger charge is 2.64. The van der Waals surface area contributed by atoms with Gasteiger partial charge in [0.1, 0.15) is 23.2 Å². The van der Waals surface area contributed by atoms with Crippen LogP contribution in [-0.4, -0.2) is 54.4 Å². The second-order valence-electron chi connectivity index (χ2n) is 7.61. The van der Waals surface area contributed by atoms with Gasteiger partial charge in [0.05, 0.1) is 15.6 Å². The summed E-state index contributed by atoms with van der Waals surface area (Å²) in [6, 6.07) is 3.29. The minimum absolute atomic E-state index is 0.304. The molecule has 2 saturated heterocycles. The Kier molecular flexibility index (Phi) is 5.29. The lowest BCUT2D eigenvalue weighted by Crippen LogP contribution is -2.70. The van der Waals surface area contributed by atoms with Crippen LogP contribution in [0.5, 0.6) is 0 Å². The summed E-state index contributed by atoms with van der Waals surface area (Å²) in [5, 5.41) is 12.6. The molecular weight excluding hydrogens is 469 g/mol. The number of aryl methyl sites for hydroxylation is 1. The third-order valence-corrected chi connectivity index (χ3v) is 8.20. The average Bonchev–Trinajstić information content (AvgIpc) is 3.14. The maximum atomic E-state index is 13.1. The van der Waals surface area contributed by atoms with E-state index in [1.807, 2.05) is 0 Å². The Balaban J connectivity index is 1.62.